The smallest absolute Gasteiger partial charge is 0.263 e. The number of amides is 1. The molecule has 1 atom stereocenters. The molecule has 1 aromatic rings. The maximum absolute atomic E-state index is 12.2. The second kappa shape index (κ2) is 5.12. The molecule has 0 fully saturated rings. The van der Waals surface area contributed by atoms with Gasteiger partial charge in [0.2, 0.25) is 0 Å². The van der Waals surface area contributed by atoms with Gasteiger partial charge in [0.1, 0.15) is 5.92 Å². The van der Waals surface area contributed by atoms with Gasteiger partial charge in [0.05, 0.1) is 11.4 Å². The van der Waals surface area contributed by atoms with Gasteiger partial charge < -0.3 is 0 Å². The fourth-order valence-electron chi connectivity index (χ4n) is 2.08. The molecule has 4 heteroatoms. The second-order valence-electron chi connectivity index (χ2n) is 4.38. The van der Waals surface area contributed by atoms with E-state index in [1.54, 1.807) is 19.1 Å². The third kappa shape index (κ3) is 2.18. The van der Waals surface area contributed by atoms with E-state index >= 15 is 0 Å². The number of anilines is 1. The Hall–Kier alpha value is -1.97. The summed E-state index contributed by atoms with van der Waals surface area (Å²) in [6.45, 7) is 3.66. The number of carbonyl (C=O) groups excluding carboxylic acids is 2. The van der Waals surface area contributed by atoms with Crippen molar-refractivity contribution in [3.8, 4) is 0 Å². The van der Waals surface area contributed by atoms with Gasteiger partial charge in [-0.2, -0.15) is 10.1 Å². The molecular weight excluding hydrogens is 228 g/mol. The highest BCUT2D eigenvalue weighted by Crippen LogP contribution is 2.24. The monoisotopic (exact) mass is 244 g/mol. The molecule has 18 heavy (non-hydrogen) atoms. The lowest BCUT2D eigenvalue weighted by molar-refractivity contribution is -0.129. The van der Waals surface area contributed by atoms with Gasteiger partial charge in [-0.05, 0) is 25.5 Å². The lowest BCUT2D eigenvalue weighted by Gasteiger charge is -2.13. The van der Waals surface area contributed by atoms with Crippen LogP contribution in [0.2, 0.25) is 0 Å². The summed E-state index contributed by atoms with van der Waals surface area (Å²) in [4.78, 5) is 24.1. The van der Waals surface area contributed by atoms with Crippen LogP contribution in [-0.2, 0) is 9.59 Å². The van der Waals surface area contributed by atoms with Crippen molar-refractivity contribution < 1.29 is 9.59 Å². The van der Waals surface area contributed by atoms with E-state index in [2.05, 4.69) is 5.10 Å². The highest BCUT2D eigenvalue weighted by Gasteiger charge is 2.38. The first-order valence-electron chi connectivity index (χ1n) is 6.12. The van der Waals surface area contributed by atoms with Crippen molar-refractivity contribution in [2.24, 2.45) is 11.0 Å². The van der Waals surface area contributed by atoms with Crippen LogP contribution in [0.5, 0.6) is 0 Å². The van der Waals surface area contributed by atoms with Crippen LogP contribution in [0.1, 0.15) is 26.7 Å². The molecule has 0 N–H and O–H groups in total. The third-order valence-electron chi connectivity index (χ3n) is 2.95. The van der Waals surface area contributed by atoms with E-state index in [-0.39, 0.29) is 11.7 Å². The van der Waals surface area contributed by atoms with E-state index < -0.39 is 5.92 Å². The average molecular weight is 244 g/mol. The Balaban J connectivity index is 2.24. The molecule has 94 valence electrons. The molecule has 0 aliphatic carbocycles. The molecule has 1 heterocycles. The van der Waals surface area contributed by atoms with Crippen molar-refractivity contribution in [1.29, 1.82) is 0 Å². The van der Waals surface area contributed by atoms with Gasteiger partial charge in [0.25, 0.3) is 5.91 Å². The SMILES string of the molecule is CCCC(=O)[C@@H]1C(=O)N(c2ccccc2)N=C1C. The van der Waals surface area contributed by atoms with Crippen LogP contribution in [0.25, 0.3) is 0 Å². The number of ketones is 1. The summed E-state index contributed by atoms with van der Waals surface area (Å²) in [7, 11) is 0. The quantitative estimate of drug-likeness (QED) is 0.763. The topological polar surface area (TPSA) is 49.7 Å². The molecule has 4 nitrogen and oxygen atoms in total. The number of hydrogen-bond donors (Lipinski definition) is 0. The molecule has 1 aliphatic rings. The third-order valence-corrected chi connectivity index (χ3v) is 2.95. The van der Waals surface area contributed by atoms with E-state index in [0.717, 1.165) is 6.42 Å². The van der Waals surface area contributed by atoms with Gasteiger partial charge in [0.15, 0.2) is 5.78 Å². The van der Waals surface area contributed by atoms with E-state index in [4.69, 9.17) is 0 Å². The van der Waals surface area contributed by atoms with Crippen molar-refractivity contribution in [3.05, 3.63) is 30.3 Å². The second-order valence-corrected chi connectivity index (χ2v) is 4.38. The number of carbonyl (C=O) groups is 2. The average Bonchev–Trinajstić information content (AvgIpc) is 2.66. The molecule has 0 spiro atoms. The Morgan fingerprint density at radius 1 is 1.33 bits per heavy atom. The summed E-state index contributed by atoms with van der Waals surface area (Å²) in [6, 6.07) is 9.17. The summed E-state index contributed by atoms with van der Waals surface area (Å²) in [5, 5.41) is 5.53. The molecule has 0 saturated carbocycles. The highest BCUT2D eigenvalue weighted by atomic mass is 16.2. The van der Waals surface area contributed by atoms with Crippen LogP contribution in [0, 0.1) is 5.92 Å². The fraction of sp³-hybridized carbons (Fsp3) is 0.357. The minimum absolute atomic E-state index is 0.0396. The maximum Gasteiger partial charge on any atom is 0.263 e. The summed E-state index contributed by atoms with van der Waals surface area (Å²) in [6.07, 6.45) is 1.17. The molecule has 0 radical (unpaired) electrons. The highest BCUT2D eigenvalue weighted by molar-refractivity contribution is 6.26. The van der Waals surface area contributed by atoms with Crippen molar-refractivity contribution >= 4 is 23.1 Å². The summed E-state index contributed by atoms with van der Waals surface area (Å²) < 4.78 is 0. The number of nitrogens with zero attached hydrogens (tertiary/aromatic N) is 2. The van der Waals surface area contributed by atoms with Crippen LogP contribution < -0.4 is 5.01 Å². The van der Waals surface area contributed by atoms with E-state index in [1.807, 2.05) is 25.1 Å². The normalized spacial score (nSPS) is 19.0. The van der Waals surface area contributed by atoms with Crippen LogP contribution in [-0.4, -0.2) is 17.4 Å². The number of para-hydroxylation sites is 1. The fourth-order valence-corrected chi connectivity index (χ4v) is 2.08. The molecule has 0 unspecified atom stereocenters. The zero-order valence-corrected chi connectivity index (χ0v) is 10.6. The van der Waals surface area contributed by atoms with Gasteiger partial charge in [-0.1, -0.05) is 25.1 Å². The number of rotatable bonds is 4. The standard InChI is InChI=1S/C14H16N2O2/c1-3-7-12(17)13-10(2)15-16(14(13)18)11-8-5-4-6-9-11/h4-6,8-9,13H,3,7H2,1-2H3/t13-/m1/s1. The number of hydrogen-bond acceptors (Lipinski definition) is 3. The van der Waals surface area contributed by atoms with Crippen molar-refractivity contribution in [2.45, 2.75) is 26.7 Å². The van der Waals surface area contributed by atoms with Gasteiger partial charge >= 0.3 is 0 Å². The Bertz CT molecular complexity index is 494. The van der Waals surface area contributed by atoms with Gasteiger partial charge in [0, 0.05) is 6.42 Å². The van der Waals surface area contributed by atoms with Crippen LogP contribution in [0.3, 0.4) is 0 Å². The number of benzene rings is 1. The van der Waals surface area contributed by atoms with E-state index in [9.17, 15) is 9.59 Å². The Labute approximate surface area is 106 Å². The lowest BCUT2D eigenvalue weighted by atomic mass is 9.96. The molecular formula is C14H16N2O2. The van der Waals surface area contributed by atoms with Gasteiger partial charge in [-0.25, -0.2) is 0 Å². The molecule has 2 rings (SSSR count). The molecule has 0 bridgehead atoms. The first-order valence-corrected chi connectivity index (χ1v) is 6.12. The maximum atomic E-state index is 12.2. The molecule has 0 saturated heterocycles. The van der Waals surface area contributed by atoms with Crippen LogP contribution in [0.15, 0.2) is 35.4 Å². The number of Topliss-reactive ketones (excluding diaryl/α,β-unsaturated/α-hetero) is 1. The Morgan fingerprint density at radius 2 is 2.00 bits per heavy atom. The minimum atomic E-state index is -0.690. The van der Waals surface area contributed by atoms with E-state index in [0.29, 0.717) is 17.8 Å². The zero-order valence-electron chi connectivity index (χ0n) is 10.6. The summed E-state index contributed by atoms with van der Waals surface area (Å²) in [5.41, 5.74) is 1.29. The molecule has 1 aliphatic heterocycles. The lowest BCUT2D eigenvalue weighted by Crippen LogP contribution is -2.32. The van der Waals surface area contributed by atoms with Gasteiger partial charge in [-0.15, -0.1) is 0 Å². The molecule has 1 aromatic carbocycles. The zero-order chi connectivity index (χ0) is 13.1. The Kier molecular flexibility index (Phi) is 3.55. The predicted molar refractivity (Wildman–Crippen MR) is 70.4 cm³/mol. The van der Waals surface area contributed by atoms with Crippen molar-refractivity contribution in [2.75, 3.05) is 5.01 Å². The van der Waals surface area contributed by atoms with Crippen molar-refractivity contribution in [3.63, 3.8) is 0 Å². The van der Waals surface area contributed by atoms with Gasteiger partial charge in [-0.3, -0.25) is 9.59 Å². The van der Waals surface area contributed by atoms with Crippen LogP contribution >= 0.6 is 0 Å². The summed E-state index contributed by atoms with van der Waals surface area (Å²) in [5.74, 6) is -0.968. The Morgan fingerprint density at radius 3 is 2.61 bits per heavy atom. The van der Waals surface area contributed by atoms with E-state index in [1.165, 1.54) is 5.01 Å². The van der Waals surface area contributed by atoms with Crippen molar-refractivity contribution in [1.82, 2.24) is 0 Å². The largest absolute Gasteiger partial charge is 0.298 e. The molecule has 1 amide bonds. The predicted octanol–water partition coefficient (Wildman–Crippen LogP) is 2.39. The summed E-state index contributed by atoms with van der Waals surface area (Å²) >= 11 is 0. The number of hydrazone groups is 1. The molecule has 0 aromatic heterocycles. The van der Waals surface area contributed by atoms with Crippen LogP contribution in [0.4, 0.5) is 5.69 Å². The first-order chi connectivity index (χ1) is 8.65. The first kappa shape index (κ1) is 12.5. The minimum Gasteiger partial charge on any atom is -0.298 e.